The summed E-state index contributed by atoms with van der Waals surface area (Å²) in [5.41, 5.74) is 1.41. The Morgan fingerprint density at radius 1 is 1.23 bits per heavy atom. The van der Waals surface area contributed by atoms with Crippen molar-refractivity contribution in [1.82, 2.24) is 15.3 Å². The summed E-state index contributed by atoms with van der Waals surface area (Å²) >= 11 is 0. The summed E-state index contributed by atoms with van der Waals surface area (Å²) in [6.45, 7) is 3.04. The Morgan fingerprint density at radius 3 is 2.69 bits per heavy atom. The third-order valence-corrected chi connectivity index (χ3v) is 5.76. The van der Waals surface area contributed by atoms with Crippen molar-refractivity contribution in [2.45, 2.75) is 37.5 Å². The van der Waals surface area contributed by atoms with Crippen LogP contribution in [-0.4, -0.2) is 60.5 Å². The first kappa shape index (κ1) is 17.5. The standard InChI is InChI=1S/C20H28N4O2/c1-26-17-5-3-16(4-6-17)18-13-19(18)22-14-15-7-11-23(12-8-15)20-21-9-2-10-24(20)25/h2-6,9-10,15,18-20,22,25H,7-8,11-14H2,1H3. The summed E-state index contributed by atoms with van der Waals surface area (Å²) in [7, 11) is 1.71. The Morgan fingerprint density at radius 2 is 2.00 bits per heavy atom. The molecule has 0 aromatic heterocycles. The first-order valence-corrected chi connectivity index (χ1v) is 9.53. The largest absolute Gasteiger partial charge is 0.497 e. The SMILES string of the molecule is COc1ccc(C2CC2NCC2CCN(C3N=CC=CN3O)CC2)cc1. The van der Waals surface area contributed by atoms with Crippen LogP contribution in [0.5, 0.6) is 5.75 Å². The topological polar surface area (TPSA) is 60.3 Å². The van der Waals surface area contributed by atoms with Crippen molar-refractivity contribution in [3.05, 3.63) is 42.1 Å². The monoisotopic (exact) mass is 356 g/mol. The number of benzene rings is 1. The Labute approximate surface area is 155 Å². The van der Waals surface area contributed by atoms with Crippen LogP contribution in [0, 0.1) is 5.92 Å². The Kier molecular flexibility index (Phi) is 5.24. The molecule has 4 rings (SSSR count). The van der Waals surface area contributed by atoms with Gasteiger partial charge < -0.3 is 10.1 Å². The van der Waals surface area contributed by atoms with Gasteiger partial charge in [0.2, 0.25) is 6.29 Å². The van der Waals surface area contributed by atoms with E-state index >= 15 is 0 Å². The fraction of sp³-hybridized carbons (Fsp3) is 0.550. The summed E-state index contributed by atoms with van der Waals surface area (Å²) in [6.07, 6.45) is 8.45. The average molecular weight is 356 g/mol. The van der Waals surface area contributed by atoms with Gasteiger partial charge in [-0.05, 0) is 55.5 Å². The van der Waals surface area contributed by atoms with Gasteiger partial charge in [0.25, 0.3) is 0 Å². The van der Waals surface area contributed by atoms with Gasteiger partial charge in [-0.2, -0.15) is 0 Å². The fourth-order valence-corrected chi connectivity index (χ4v) is 4.01. The number of ether oxygens (including phenoxy) is 1. The number of hydrogen-bond acceptors (Lipinski definition) is 6. The predicted molar refractivity (Wildman–Crippen MR) is 101 cm³/mol. The number of hydroxylamine groups is 2. The zero-order chi connectivity index (χ0) is 17.9. The molecular formula is C20H28N4O2. The Bertz CT molecular complexity index is 652. The number of nitrogens with one attached hydrogen (secondary N) is 1. The van der Waals surface area contributed by atoms with Crippen molar-refractivity contribution in [3.8, 4) is 5.75 Å². The minimum Gasteiger partial charge on any atom is -0.497 e. The molecular weight excluding hydrogens is 328 g/mol. The molecule has 6 nitrogen and oxygen atoms in total. The highest BCUT2D eigenvalue weighted by Crippen LogP contribution is 2.41. The van der Waals surface area contributed by atoms with Crippen LogP contribution in [0.3, 0.4) is 0 Å². The van der Waals surface area contributed by atoms with Crippen LogP contribution in [0.4, 0.5) is 0 Å². The van der Waals surface area contributed by atoms with E-state index in [0.29, 0.717) is 17.9 Å². The van der Waals surface area contributed by atoms with Crippen molar-refractivity contribution in [3.63, 3.8) is 0 Å². The van der Waals surface area contributed by atoms with Gasteiger partial charge in [-0.3, -0.25) is 15.1 Å². The summed E-state index contributed by atoms with van der Waals surface area (Å²) < 4.78 is 5.23. The first-order valence-electron chi connectivity index (χ1n) is 9.53. The molecule has 1 saturated heterocycles. The van der Waals surface area contributed by atoms with Gasteiger partial charge in [-0.25, -0.2) is 5.06 Å². The van der Waals surface area contributed by atoms with Crippen molar-refractivity contribution >= 4 is 6.21 Å². The number of hydrogen-bond donors (Lipinski definition) is 2. The summed E-state index contributed by atoms with van der Waals surface area (Å²) in [4.78, 5) is 6.61. The minimum atomic E-state index is -0.253. The van der Waals surface area contributed by atoms with Crippen LogP contribution in [0.1, 0.15) is 30.7 Å². The van der Waals surface area contributed by atoms with Gasteiger partial charge in [-0.1, -0.05) is 12.1 Å². The molecule has 1 aromatic rings. The molecule has 2 N–H and O–H groups in total. The maximum atomic E-state index is 9.91. The Balaban J connectivity index is 1.19. The molecule has 3 aliphatic rings. The van der Waals surface area contributed by atoms with Crippen molar-refractivity contribution in [1.29, 1.82) is 0 Å². The number of methoxy groups -OCH3 is 1. The van der Waals surface area contributed by atoms with Crippen LogP contribution in [0.15, 0.2) is 41.5 Å². The molecule has 140 valence electrons. The second kappa shape index (κ2) is 7.78. The van der Waals surface area contributed by atoms with E-state index < -0.39 is 0 Å². The van der Waals surface area contributed by atoms with Gasteiger partial charge in [0.05, 0.1) is 7.11 Å². The summed E-state index contributed by atoms with van der Waals surface area (Å²) in [6, 6.07) is 9.08. The normalized spacial score (nSPS) is 29.2. The highest BCUT2D eigenvalue weighted by molar-refractivity contribution is 5.71. The van der Waals surface area contributed by atoms with Crippen LogP contribution in [0.2, 0.25) is 0 Å². The zero-order valence-corrected chi connectivity index (χ0v) is 15.3. The van der Waals surface area contributed by atoms with E-state index in [0.717, 1.165) is 38.2 Å². The lowest BCUT2D eigenvalue weighted by atomic mass is 9.96. The van der Waals surface area contributed by atoms with E-state index in [4.69, 9.17) is 4.74 Å². The smallest absolute Gasteiger partial charge is 0.201 e. The minimum absolute atomic E-state index is 0.253. The van der Waals surface area contributed by atoms with Gasteiger partial charge in [-0.15, -0.1) is 0 Å². The lowest BCUT2D eigenvalue weighted by Crippen LogP contribution is -2.49. The molecule has 0 spiro atoms. The van der Waals surface area contributed by atoms with Crippen LogP contribution in [-0.2, 0) is 0 Å². The summed E-state index contributed by atoms with van der Waals surface area (Å²) in [5.74, 6) is 2.27. The molecule has 1 aromatic carbocycles. The van der Waals surface area contributed by atoms with E-state index in [-0.39, 0.29) is 6.29 Å². The van der Waals surface area contributed by atoms with Crippen molar-refractivity contribution < 1.29 is 9.94 Å². The highest BCUT2D eigenvalue weighted by atomic mass is 16.5. The van der Waals surface area contributed by atoms with E-state index in [1.54, 1.807) is 25.6 Å². The van der Waals surface area contributed by atoms with Gasteiger partial charge >= 0.3 is 0 Å². The lowest BCUT2D eigenvalue weighted by molar-refractivity contribution is -0.135. The number of rotatable bonds is 6. The fourth-order valence-electron chi connectivity index (χ4n) is 4.01. The molecule has 3 unspecified atom stereocenters. The molecule has 2 heterocycles. The molecule has 2 aliphatic heterocycles. The van der Waals surface area contributed by atoms with Gasteiger partial charge in [0.15, 0.2) is 0 Å². The third kappa shape index (κ3) is 3.92. The molecule has 6 heteroatoms. The van der Waals surface area contributed by atoms with Gasteiger partial charge in [0, 0.05) is 37.5 Å². The molecule has 0 amide bonds. The van der Waals surface area contributed by atoms with E-state index in [1.165, 1.54) is 17.0 Å². The number of nitrogens with zero attached hydrogens (tertiary/aromatic N) is 3. The number of allylic oxidation sites excluding steroid dienone is 1. The Hall–Kier alpha value is -1.89. The predicted octanol–water partition coefficient (Wildman–Crippen LogP) is 2.43. The molecule has 1 saturated carbocycles. The quantitative estimate of drug-likeness (QED) is 0.820. The summed E-state index contributed by atoms with van der Waals surface area (Å²) in [5, 5.41) is 14.9. The number of aliphatic imine (C=N–C) groups is 1. The first-order chi connectivity index (χ1) is 12.7. The average Bonchev–Trinajstić information content (AvgIpc) is 3.47. The van der Waals surface area contributed by atoms with Crippen LogP contribution < -0.4 is 10.1 Å². The molecule has 2 fully saturated rings. The lowest BCUT2D eigenvalue weighted by Gasteiger charge is -2.38. The highest BCUT2D eigenvalue weighted by Gasteiger charge is 2.38. The van der Waals surface area contributed by atoms with Crippen molar-refractivity contribution in [2.75, 3.05) is 26.7 Å². The molecule has 1 aliphatic carbocycles. The molecule has 26 heavy (non-hydrogen) atoms. The molecule has 0 bridgehead atoms. The maximum Gasteiger partial charge on any atom is 0.201 e. The van der Waals surface area contributed by atoms with E-state index in [2.05, 4.69) is 27.3 Å². The molecule has 3 atom stereocenters. The van der Waals surface area contributed by atoms with Crippen molar-refractivity contribution in [2.24, 2.45) is 10.9 Å². The zero-order valence-electron chi connectivity index (χ0n) is 15.3. The second-order valence-corrected chi connectivity index (χ2v) is 7.48. The number of piperidine rings is 1. The van der Waals surface area contributed by atoms with Crippen LogP contribution in [0.25, 0.3) is 0 Å². The van der Waals surface area contributed by atoms with E-state index in [1.807, 2.05) is 12.1 Å². The maximum absolute atomic E-state index is 9.91. The van der Waals surface area contributed by atoms with Gasteiger partial charge in [0.1, 0.15) is 5.75 Å². The van der Waals surface area contributed by atoms with E-state index in [9.17, 15) is 5.21 Å². The second-order valence-electron chi connectivity index (χ2n) is 7.48. The molecule has 0 radical (unpaired) electrons. The van der Waals surface area contributed by atoms with Crippen LogP contribution >= 0.6 is 0 Å². The number of likely N-dealkylation sites (tertiary alicyclic amines) is 1. The third-order valence-electron chi connectivity index (χ3n) is 5.76.